The van der Waals surface area contributed by atoms with E-state index >= 15 is 0 Å². The summed E-state index contributed by atoms with van der Waals surface area (Å²) in [7, 11) is 4.57. The maximum absolute atomic E-state index is 4.57. The Balaban J connectivity index is 0.000000168. The monoisotopic (exact) mass is 271 g/mol. The Morgan fingerprint density at radius 1 is 1.25 bits per heavy atom. The molecule has 0 aliphatic heterocycles. The van der Waals surface area contributed by atoms with E-state index in [0.29, 0.717) is 0 Å². The van der Waals surface area contributed by atoms with Crippen LogP contribution in [-0.2, 0) is 17.3 Å². The van der Waals surface area contributed by atoms with E-state index in [1.54, 1.807) is 0 Å². The van der Waals surface area contributed by atoms with Crippen LogP contribution in [0.3, 0.4) is 0 Å². The van der Waals surface area contributed by atoms with Crippen LogP contribution in [0.5, 0.6) is 0 Å². The normalized spacial score (nSPS) is 17.8. The average Bonchev–Trinajstić information content (AvgIpc) is 2.87. The maximum atomic E-state index is 4.57. The summed E-state index contributed by atoms with van der Waals surface area (Å²) < 4.78 is 0. The molecule has 2 aliphatic carbocycles. The molecule has 2 rings (SSSR count). The molecular formula is C10H14ClRu. The number of rotatable bonds is 0. The summed E-state index contributed by atoms with van der Waals surface area (Å²) in [5.74, 6) is 0. The van der Waals surface area contributed by atoms with Crippen molar-refractivity contribution in [1.82, 2.24) is 0 Å². The quantitative estimate of drug-likeness (QED) is 0.464. The van der Waals surface area contributed by atoms with E-state index in [2.05, 4.69) is 28.3 Å². The van der Waals surface area contributed by atoms with Crippen LogP contribution in [0.1, 0.15) is 32.1 Å². The van der Waals surface area contributed by atoms with E-state index in [1.165, 1.54) is 25.7 Å². The molecule has 0 atom stereocenters. The van der Waals surface area contributed by atoms with Crippen LogP contribution in [0.2, 0.25) is 0 Å². The molecule has 1 saturated carbocycles. The van der Waals surface area contributed by atoms with Gasteiger partial charge in [0.1, 0.15) is 0 Å². The van der Waals surface area contributed by atoms with Crippen molar-refractivity contribution in [3.8, 4) is 0 Å². The third-order valence-electron chi connectivity index (χ3n) is 1.65. The Bertz CT molecular complexity index is 108. The van der Waals surface area contributed by atoms with Gasteiger partial charge in [-0.3, -0.25) is 6.08 Å². The minimum absolute atomic E-state index is 1.01. The first-order valence-corrected chi connectivity index (χ1v) is 6.41. The summed E-state index contributed by atoms with van der Waals surface area (Å²) in [6.45, 7) is 0. The standard InChI is InChI=1S/C5H9.C5H5.ClH.Ru/c2*1-2-4-5-3-1;;/h1H,2-5H2;1-3H,4H2;1H;/q2*-1;;+3/p-1. The Kier molecular flexibility index (Phi) is 11.8. The average molecular weight is 271 g/mol. The molecule has 2 aliphatic rings. The third kappa shape index (κ3) is 8.49. The molecule has 0 amide bonds. The summed E-state index contributed by atoms with van der Waals surface area (Å²) in [5.41, 5.74) is 0. The van der Waals surface area contributed by atoms with Gasteiger partial charge in [-0.15, -0.1) is 6.42 Å². The molecule has 0 N–H and O–H groups in total. The molecule has 0 aromatic rings. The summed E-state index contributed by atoms with van der Waals surface area (Å²) in [6, 6.07) is 0. The third-order valence-corrected chi connectivity index (χ3v) is 1.65. The molecule has 0 unspecified atom stereocenters. The van der Waals surface area contributed by atoms with Crippen molar-refractivity contribution in [2.24, 2.45) is 0 Å². The predicted molar refractivity (Wildman–Crippen MR) is 50.2 cm³/mol. The summed E-state index contributed by atoms with van der Waals surface area (Å²) in [6.07, 6.45) is 18.0. The van der Waals surface area contributed by atoms with Crippen molar-refractivity contribution in [2.75, 3.05) is 0 Å². The van der Waals surface area contributed by atoms with Crippen molar-refractivity contribution in [3.05, 3.63) is 30.7 Å². The van der Waals surface area contributed by atoms with E-state index in [9.17, 15) is 0 Å². The van der Waals surface area contributed by atoms with Crippen LogP contribution in [0.15, 0.2) is 18.2 Å². The van der Waals surface area contributed by atoms with Crippen LogP contribution in [0.4, 0.5) is 0 Å². The van der Waals surface area contributed by atoms with Gasteiger partial charge in [0.05, 0.1) is 0 Å². The second-order valence-electron chi connectivity index (χ2n) is 2.58. The van der Waals surface area contributed by atoms with Gasteiger partial charge in [-0.05, 0) is 0 Å². The van der Waals surface area contributed by atoms with E-state index < -0.39 is 0 Å². The van der Waals surface area contributed by atoms with Gasteiger partial charge in [-0.2, -0.15) is 18.9 Å². The van der Waals surface area contributed by atoms with Gasteiger partial charge in [0.15, 0.2) is 0 Å². The van der Waals surface area contributed by atoms with Crippen molar-refractivity contribution >= 4 is 9.69 Å². The topological polar surface area (TPSA) is 0 Å². The van der Waals surface area contributed by atoms with Crippen LogP contribution >= 0.6 is 9.69 Å². The minimum atomic E-state index is 1.01. The first-order valence-electron chi connectivity index (χ1n) is 4.17. The van der Waals surface area contributed by atoms with Crippen molar-refractivity contribution < 1.29 is 17.3 Å². The molecule has 1 fully saturated rings. The van der Waals surface area contributed by atoms with E-state index in [1.807, 2.05) is 29.5 Å². The van der Waals surface area contributed by atoms with Crippen molar-refractivity contribution in [1.29, 1.82) is 0 Å². The number of halogens is 1. The van der Waals surface area contributed by atoms with Gasteiger partial charge >= 0.3 is 27.0 Å². The van der Waals surface area contributed by atoms with Gasteiger partial charge in [0.2, 0.25) is 0 Å². The summed E-state index contributed by atoms with van der Waals surface area (Å²) in [5, 5.41) is 0. The summed E-state index contributed by atoms with van der Waals surface area (Å²) in [4.78, 5) is 0. The predicted octanol–water partition coefficient (Wildman–Crippen LogP) is 3.76. The second-order valence-corrected chi connectivity index (χ2v) is 2.58. The van der Waals surface area contributed by atoms with E-state index in [4.69, 9.17) is 0 Å². The zero-order valence-corrected chi connectivity index (χ0v) is 9.57. The molecule has 2 heteroatoms. The molecule has 12 heavy (non-hydrogen) atoms. The van der Waals surface area contributed by atoms with E-state index in [0.717, 1.165) is 6.42 Å². The number of allylic oxidation sites excluding steroid dienone is 4. The van der Waals surface area contributed by atoms with Crippen molar-refractivity contribution in [3.63, 3.8) is 0 Å². The van der Waals surface area contributed by atoms with Gasteiger partial charge in [-0.1, -0.05) is 12.8 Å². The van der Waals surface area contributed by atoms with Gasteiger partial charge < -0.3 is 6.42 Å². The molecule has 0 saturated heterocycles. The van der Waals surface area contributed by atoms with Crippen LogP contribution in [-0.4, -0.2) is 0 Å². The second kappa shape index (κ2) is 11.4. The fourth-order valence-electron chi connectivity index (χ4n) is 1.06. The fraction of sp³-hybridized carbons (Fsp3) is 0.500. The van der Waals surface area contributed by atoms with Crippen LogP contribution < -0.4 is 0 Å². The van der Waals surface area contributed by atoms with Gasteiger partial charge in [0.25, 0.3) is 0 Å². The van der Waals surface area contributed by atoms with Crippen molar-refractivity contribution in [2.45, 2.75) is 32.1 Å². The first-order chi connectivity index (χ1) is 6.00. The molecule has 69 valence electrons. The Hall–Kier alpha value is 0.393. The van der Waals surface area contributed by atoms with Gasteiger partial charge in [-0.25, -0.2) is 12.2 Å². The SMILES string of the molecule is [C-]1=CC=CC1.[CH-]1CCCC1.[Cl][Ru+2]. The zero-order chi connectivity index (χ0) is 9.07. The molecule has 0 bridgehead atoms. The Labute approximate surface area is 89.8 Å². The molecule has 0 nitrogen and oxygen atoms in total. The Morgan fingerprint density at radius 2 is 1.92 bits per heavy atom. The molecular weight excluding hydrogens is 257 g/mol. The molecule has 0 aromatic carbocycles. The van der Waals surface area contributed by atoms with Crippen LogP contribution in [0, 0.1) is 12.5 Å². The first kappa shape index (κ1) is 12.4. The molecule has 0 heterocycles. The number of hydrogen-bond donors (Lipinski definition) is 0. The van der Waals surface area contributed by atoms with Gasteiger partial charge in [0, 0.05) is 0 Å². The number of hydrogen-bond acceptors (Lipinski definition) is 0. The fourth-order valence-corrected chi connectivity index (χ4v) is 1.06. The Morgan fingerprint density at radius 3 is 2.08 bits per heavy atom. The van der Waals surface area contributed by atoms with E-state index in [-0.39, 0.29) is 0 Å². The molecule has 0 spiro atoms. The van der Waals surface area contributed by atoms with Crippen LogP contribution in [0.25, 0.3) is 0 Å². The summed E-state index contributed by atoms with van der Waals surface area (Å²) >= 11 is 1.82. The zero-order valence-electron chi connectivity index (χ0n) is 7.08. The molecule has 0 radical (unpaired) electrons. The molecule has 0 aromatic heterocycles.